The van der Waals surface area contributed by atoms with Crippen LogP contribution >= 0.6 is 15.9 Å². The number of aliphatic hydroxyl groups excluding tert-OH is 3. The van der Waals surface area contributed by atoms with Crippen molar-refractivity contribution in [1.82, 2.24) is 0 Å². The monoisotopic (exact) mass is 299 g/mol. The van der Waals surface area contributed by atoms with Crippen molar-refractivity contribution >= 4 is 21.9 Å². The number of esters is 1. The van der Waals surface area contributed by atoms with E-state index in [0.717, 1.165) is 6.92 Å². The maximum Gasteiger partial charge on any atom is 0.305 e. The Balaban J connectivity index is 2.89. The molecule has 0 amide bonds. The Morgan fingerprint density at radius 3 is 2.56 bits per heavy atom. The molecule has 1 heterocycles. The van der Waals surface area contributed by atoms with Crippen LogP contribution in [0.25, 0.3) is 0 Å². The van der Waals surface area contributed by atoms with Gasteiger partial charge in [0.2, 0.25) is 0 Å². The number of hydrogen-bond acceptors (Lipinski definition) is 7. The van der Waals surface area contributed by atoms with E-state index in [1.807, 2.05) is 0 Å². The van der Waals surface area contributed by atoms with Gasteiger partial charge in [-0.3, -0.25) is 4.79 Å². The first-order valence-corrected chi connectivity index (χ1v) is 5.40. The van der Waals surface area contributed by atoms with E-state index in [2.05, 4.69) is 15.9 Å². The van der Waals surface area contributed by atoms with Crippen LogP contribution in [0, 0.1) is 0 Å². The summed E-state index contributed by atoms with van der Waals surface area (Å²) in [5, 5.41) is 28.0. The summed E-state index contributed by atoms with van der Waals surface area (Å²) < 4.78 is 8.16. The molecule has 0 aromatic rings. The summed E-state index contributed by atoms with van der Waals surface area (Å²) in [5.74, 6) is -0.674. The van der Waals surface area contributed by atoms with E-state index < -0.39 is 41.6 Å². The maximum atomic E-state index is 10.9. The number of ether oxygens (including phenoxy) is 2. The first kappa shape index (κ1) is 13.8. The van der Waals surface area contributed by atoms with Gasteiger partial charge in [-0.25, -0.2) is 0 Å². The summed E-state index contributed by atoms with van der Waals surface area (Å²) >= 11 is 2.94. The minimum absolute atomic E-state index is 0.542. The molecule has 0 aliphatic carbocycles. The molecule has 1 aliphatic rings. The Kier molecular flexibility index (Phi) is 4.27. The van der Waals surface area contributed by atoms with Gasteiger partial charge in [-0.05, 0) is 15.9 Å². The number of hydrogen-bond donors (Lipinski definition) is 4. The van der Waals surface area contributed by atoms with E-state index in [-0.39, 0.29) is 0 Å². The molecule has 0 aromatic carbocycles. The Labute approximate surface area is 100 Å². The average Bonchev–Trinajstić information content (AvgIpc) is 2.20. The van der Waals surface area contributed by atoms with Gasteiger partial charge in [0.25, 0.3) is 4.70 Å². The third-order valence-electron chi connectivity index (χ3n) is 2.27. The quantitative estimate of drug-likeness (QED) is 0.345. The van der Waals surface area contributed by atoms with Crippen molar-refractivity contribution in [1.29, 1.82) is 0 Å². The van der Waals surface area contributed by atoms with E-state index in [4.69, 9.17) is 20.3 Å². The minimum atomic E-state index is -1.75. The highest BCUT2D eigenvalue weighted by Gasteiger charge is 2.53. The highest BCUT2D eigenvalue weighted by atomic mass is 79.9. The number of rotatable bonds is 2. The van der Waals surface area contributed by atoms with Crippen LogP contribution in [0.4, 0.5) is 0 Å². The molecule has 94 valence electrons. The van der Waals surface area contributed by atoms with Crippen LogP contribution < -0.4 is 5.73 Å². The van der Waals surface area contributed by atoms with Crippen LogP contribution in [0.15, 0.2) is 0 Å². The number of halogens is 1. The molecular formula is C8H14BrNO6. The molecule has 5 atom stereocenters. The summed E-state index contributed by atoms with van der Waals surface area (Å²) in [6.45, 7) is 0.601. The van der Waals surface area contributed by atoms with Crippen molar-refractivity contribution in [2.75, 3.05) is 6.61 Å². The Hall–Kier alpha value is -0.250. The van der Waals surface area contributed by atoms with Crippen LogP contribution in [-0.2, 0) is 14.3 Å². The van der Waals surface area contributed by atoms with Crippen molar-refractivity contribution in [2.45, 2.75) is 36.0 Å². The zero-order chi connectivity index (χ0) is 12.5. The van der Waals surface area contributed by atoms with Crippen molar-refractivity contribution in [3.8, 4) is 0 Å². The molecule has 16 heavy (non-hydrogen) atoms. The van der Waals surface area contributed by atoms with Crippen molar-refractivity contribution in [3.63, 3.8) is 0 Å². The fourth-order valence-electron chi connectivity index (χ4n) is 1.42. The molecule has 1 rings (SSSR count). The lowest BCUT2D eigenvalue weighted by atomic mass is 9.98. The van der Waals surface area contributed by atoms with Gasteiger partial charge in [-0.2, -0.15) is 0 Å². The first-order chi connectivity index (χ1) is 7.31. The lowest BCUT2D eigenvalue weighted by Crippen LogP contribution is -2.67. The van der Waals surface area contributed by atoms with E-state index >= 15 is 0 Å². The van der Waals surface area contributed by atoms with Crippen molar-refractivity contribution in [3.05, 3.63) is 0 Å². The molecular weight excluding hydrogens is 286 g/mol. The molecule has 8 heteroatoms. The Bertz CT molecular complexity index is 275. The molecule has 1 aliphatic heterocycles. The van der Waals surface area contributed by atoms with Crippen LogP contribution in [0.3, 0.4) is 0 Å². The molecule has 0 bridgehead atoms. The summed E-state index contributed by atoms with van der Waals surface area (Å²) in [6, 6.07) is -1.17. The lowest BCUT2D eigenvalue weighted by molar-refractivity contribution is -0.272. The smallest absolute Gasteiger partial charge is 0.305 e. The van der Waals surface area contributed by atoms with Gasteiger partial charge in [-0.1, -0.05) is 0 Å². The standard InChI is InChI=1S/C8H14BrNO6/c1-3(12)15-8(9)7(10)6(14)5(13)4(2-11)16-8/h4-7,11,13-14H,2,10H2,1H3/t4-,5-,6+,7-,8?/m1/s1. The number of carbonyl (C=O) groups excluding carboxylic acids is 1. The second-order valence-electron chi connectivity index (χ2n) is 3.52. The number of alkyl halides is 1. The normalized spacial score (nSPS) is 44.1. The van der Waals surface area contributed by atoms with Gasteiger partial charge in [0.05, 0.1) is 6.61 Å². The van der Waals surface area contributed by atoms with Gasteiger partial charge in [0, 0.05) is 6.92 Å². The number of carbonyl (C=O) groups is 1. The number of nitrogens with two attached hydrogens (primary N) is 1. The minimum Gasteiger partial charge on any atom is -0.421 e. The predicted octanol–water partition coefficient (Wildman–Crippen LogP) is -1.96. The van der Waals surface area contributed by atoms with Gasteiger partial charge >= 0.3 is 5.97 Å². The SMILES string of the molecule is CC(=O)OC1(Br)O[C@H](CO)[C@@H](O)[C@H](O)[C@H]1N. The van der Waals surface area contributed by atoms with Gasteiger partial charge < -0.3 is 30.5 Å². The predicted molar refractivity (Wildman–Crippen MR) is 55.4 cm³/mol. The second kappa shape index (κ2) is 4.94. The van der Waals surface area contributed by atoms with E-state index in [1.165, 1.54) is 0 Å². The van der Waals surface area contributed by atoms with Crippen LogP contribution in [0.1, 0.15) is 6.92 Å². The molecule has 0 aromatic heterocycles. The fraction of sp³-hybridized carbons (Fsp3) is 0.875. The zero-order valence-corrected chi connectivity index (χ0v) is 10.1. The summed E-state index contributed by atoms with van der Waals surface area (Å²) in [7, 11) is 0. The molecule has 1 unspecified atom stereocenters. The largest absolute Gasteiger partial charge is 0.421 e. The van der Waals surface area contributed by atoms with Crippen molar-refractivity contribution in [2.24, 2.45) is 5.73 Å². The molecule has 0 radical (unpaired) electrons. The van der Waals surface area contributed by atoms with Gasteiger partial charge in [-0.15, -0.1) is 0 Å². The van der Waals surface area contributed by atoms with Crippen molar-refractivity contribution < 1.29 is 29.6 Å². The molecule has 0 saturated carbocycles. The third kappa shape index (κ3) is 2.53. The highest BCUT2D eigenvalue weighted by Crippen LogP contribution is 2.35. The maximum absolute atomic E-state index is 10.9. The molecule has 1 fully saturated rings. The molecule has 7 nitrogen and oxygen atoms in total. The Morgan fingerprint density at radius 1 is 1.56 bits per heavy atom. The van der Waals surface area contributed by atoms with Crippen LogP contribution in [-0.4, -0.2) is 56.9 Å². The number of aliphatic hydroxyl groups is 3. The van der Waals surface area contributed by atoms with Crippen LogP contribution in [0.5, 0.6) is 0 Å². The molecule has 5 N–H and O–H groups in total. The van der Waals surface area contributed by atoms with E-state index in [9.17, 15) is 15.0 Å². The summed E-state index contributed by atoms with van der Waals surface area (Å²) in [5.41, 5.74) is 5.57. The fourth-order valence-corrected chi connectivity index (χ4v) is 2.16. The van der Waals surface area contributed by atoms with E-state index in [0.29, 0.717) is 0 Å². The Morgan fingerprint density at radius 2 is 2.12 bits per heavy atom. The average molecular weight is 300 g/mol. The third-order valence-corrected chi connectivity index (χ3v) is 3.15. The second-order valence-corrected chi connectivity index (χ2v) is 4.63. The highest BCUT2D eigenvalue weighted by molar-refractivity contribution is 9.10. The van der Waals surface area contributed by atoms with Gasteiger partial charge in [0.1, 0.15) is 24.4 Å². The molecule has 0 spiro atoms. The van der Waals surface area contributed by atoms with Crippen LogP contribution in [0.2, 0.25) is 0 Å². The topological polar surface area (TPSA) is 122 Å². The van der Waals surface area contributed by atoms with Gasteiger partial charge in [0.15, 0.2) is 0 Å². The first-order valence-electron chi connectivity index (χ1n) is 4.60. The lowest BCUT2D eigenvalue weighted by Gasteiger charge is -2.44. The molecule has 1 saturated heterocycles. The zero-order valence-electron chi connectivity index (χ0n) is 8.54. The summed E-state index contributed by atoms with van der Waals surface area (Å²) in [4.78, 5) is 10.9. The summed E-state index contributed by atoms with van der Waals surface area (Å²) in [6.07, 6.45) is -3.82. The van der Waals surface area contributed by atoms with E-state index in [1.54, 1.807) is 0 Å².